The van der Waals surface area contributed by atoms with E-state index in [1.807, 2.05) is 4.90 Å². The number of piperidine rings is 1. The third-order valence-electron chi connectivity index (χ3n) is 7.13. The molecule has 0 aromatic heterocycles. The third kappa shape index (κ3) is 6.15. The maximum absolute atomic E-state index is 14.8. The lowest BCUT2D eigenvalue weighted by atomic mass is 9.96. The molecule has 0 saturated carbocycles. The molecule has 3 N–H and O–H groups in total. The maximum atomic E-state index is 14.8. The fraction of sp³-hybridized carbons (Fsp3) is 0.429. The van der Waals surface area contributed by atoms with Crippen LogP contribution in [0.3, 0.4) is 0 Å². The van der Waals surface area contributed by atoms with E-state index in [9.17, 15) is 14.0 Å². The highest BCUT2D eigenvalue weighted by Crippen LogP contribution is 2.24. The Labute approximate surface area is 217 Å². The summed E-state index contributed by atoms with van der Waals surface area (Å²) in [6.07, 6.45) is 10.3. The van der Waals surface area contributed by atoms with Gasteiger partial charge in [-0.2, -0.15) is 0 Å². The van der Waals surface area contributed by atoms with Crippen LogP contribution in [-0.4, -0.2) is 64.5 Å². The summed E-state index contributed by atoms with van der Waals surface area (Å²) < 4.78 is 14.8. The number of nitrogens with zero attached hydrogens (tertiary/aromatic N) is 3. The summed E-state index contributed by atoms with van der Waals surface area (Å²) in [5, 5.41) is 18.8. The van der Waals surface area contributed by atoms with Crippen molar-refractivity contribution >= 4 is 23.6 Å². The van der Waals surface area contributed by atoms with Gasteiger partial charge in [-0.3, -0.25) is 15.6 Å². The largest absolute Gasteiger partial charge is 0.325 e. The summed E-state index contributed by atoms with van der Waals surface area (Å²) in [5.41, 5.74) is 2.50. The minimum atomic E-state index is -0.603. The van der Waals surface area contributed by atoms with E-state index < -0.39 is 11.7 Å². The number of amides is 3. The summed E-state index contributed by atoms with van der Waals surface area (Å²) in [6, 6.07) is 2.96. The van der Waals surface area contributed by atoms with E-state index in [1.54, 1.807) is 41.0 Å². The van der Waals surface area contributed by atoms with E-state index in [-0.39, 0.29) is 23.1 Å². The molecule has 2 saturated heterocycles. The number of urea groups is 1. The molecule has 3 aliphatic rings. The van der Waals surface area contributed by atoms with Crippen molar-refractivity contribution in [3.05, 3.63) is 70.7 Å². The van der Waals surface area contributed by atoms with Gasteiger partial charge in [0.1, 0.15) is 17.5 Å². The van der Waals surface area contributed by atoms with Gasteiger partial charge in [0, 0.05) is 44.8 Å². The van der Waals surface area contributed by atoms with Crippen LogP contribution in [0.4, 0.5) is 9.18 Å². The van der Waals surface area contributed by atoms with Gasteiger partial charge < -0.3 is 20.0 Å². The molecule has 9 heteroatoms. The molecule has 196 valence electrons. The summed E-state index contributed by atoms with van der Waals surface area (Å²) in [4.78, 5) is 31.1. The fourth-order valence-corrected chi connectivity index (χ4v) is 4.98. The monoisotopic (exact) mass is 506 g/mol. The number of allylic oxidation sites excluding steroid dienone is 3. The van der Waals surface area contributed by atoms with Crippen LogP contribution in [-0.2, 0) is 13.0 Å². The highest BCUT2D eigenvalue weighted by Gasteiger charge is 2.27. The first kappa shape index (κ1) is 26.3. The van der Waals surface area contributed by atoms with Gasteiger partial charge in [-0.1, -0.05) is 18.7 Å². The molecule has 3 aliphatic heterocycles. The molecule has 1 aromatic carbocycles. The molecule has 3 heterocycles. The molecule has 0 unspecified atom stereocenters. The molecule has 0 radical (unpaired) electrons. The summed E-state index contributed by atoms with van der Waals surface area (Å²) in [6.45, 7) is 8.73. The van der Waals surface area contributed by atoms with Gasteiger partial charge >= 0.3 is 6.03 Å². The van der Waals surface area contributed by atoms with Gasteiger partial charge in [-0.05, 0) is 73.9 Å². The minimum Gasteiger partial charge on any atom is -0.325 e. The van der Waals surface area contributed by atoms with Gasteiger partial charge in [-0.15, -0.1) is 0 Å². The summed E-state index contributed by atoms with van der Waals surface area (Å²) in [7, 11) is 0. The Morgan fingerprint density at radius 2 is 1.78 bits per heavy atom. The number of benzene rings is 1. The normalized spacial score (nSPS) is 18.3. The average Bonchev–Trinajstić information content (AvgIpc) is 3.33. The molecule has 3 amide bonds. The number of carbonyl (C=O) groups is 2. The Morgan fingerprint density at radius 3 is 2.49 bits per heavy atom. The number of carbonyl (C=O) groups excluding carboxylic acids is 2. The summed E-state index contributed by atoms with van der Waals surface area (Å²) in [5.74, 6) is -0.468. The smallest absolute Gasteiger partial charge is 0.320 e. The lowest BCUT2D eigenvalue weighted by Crippen LogP contribution is -2.47. The van der Waals surface area contributed by atoms with Crippen molar-refractivity contribution < 1.29 is 14.0 Å². The second-order valence-electron chi connectivity index (χ2n) is 9.84. The molecule has 0 bridgehead atoms. The fourth-order valence-electron chi connectivity index (χ4n) is 4.98. The second kappa shape index (κ2) is 11.5. The van der Waals surface area contributed by atoms with Crippen molar-refractivity contribution in [1.29, 1.82) is 10.8 Å². The zero-order valence-electron chi connectivity index (χ0n) is 21.4. The van der Waals surface area contributed by atoms with E-state index in [4.69, 9.17) is 10.8 Å². The Balaban J connectivity index is 1.37. The lowest BCUT2D eigenvalue weighted by molar-refractivity contribution is 0.0963. The third-order valence-corrected chi connectivity index (χ3v) is 7.13. The first-order chi connectivity index (χ1) is 17.7. The zero-order chi connectivity index (χ0) is 26.5. The molecule has 2 fully saturated rings. The van der Waals surface area contributed by atoms with Gasteiger partial charge in [0.25, 0.3) is 5.91 Å². The van der Waals surface area contributed by atoms with E-state index in [0.717, 1.165) is 49.9 Å². The minimum absolute atomic E-state index is 0.0113. The second-order valence-corrected chi connectivity index (χ2v) is 9.84. The average molecular weight is 507 g/mol. The van der Waals surface area contributed by atoms with Crippen LogP contribution in [0.15, 0.2) is 48.2 Å². The first-order valence-electron chi connectivity index (χ1n) is 12.9. The van der Waals surface area contributed by atoms with Crippen LogP contribution in [0.1, 0.15) is 60.5 Å². The van der Waals surface area contributed by atoms with Gasteiger partial charge in [0.05, 0.1) is 5.56 Å². The maximum Gasteiger partial charge on any atom is 0.320 e. The Bertz CT molecular complexity index is 1180. The topological polar surface area (TPSA) is 104 Å². The number of fused-ring (bicyclic) bond motifs is 1. The molecule has 1 aromatic rings. The van der Waals surface area contributed by atoms with Crippen molar-refractivity contribution in [2.75, 3.05) is 26.2 Å². The number of hydrogen-bond acceptors (Lipinski definition) is 4. The first-order valence-corrected chi connectivity index (χ1v) is 12.9. The number of likely N-dealkylation sites (tertiary alicyclic amines) is 2. The van der Waals surface area contributed by atoms with E-state index in [2.05, 4.69) is 11.9 Å². The zero-order valence-corrected chi connectivity index (χ0v) is 21.4. The molecule has 37 heavy (non-hydrogen) atoms. The Morgan fingerprint density at radius 1 is 1.03 bits per heavy atom. The number of rotatable bonds is 5. The molecular formula is C28H35FN6O2. The van der Waals surface area contributed by atoms with Crippen LogP contribution in [0.2, 0.25) is 0 Å². The highest BCUT2D eigenvalue weighted by atomic mass is 19.1. The van der Waals surface area contributed by atoms with Gasteiger partial charge in [0.2, 0.25) is 0 Å². The number of nitrogens with one attached hydrogen (secondary N) is 3. The number of amidine groups is 2. The Kier molecular flexibility index (Phi) is 8.21. The van der Waals surface area contributed by atoms with Crippen molar-refractivity contribution in [3.8, 4) is 0 Å². The van der Waals surface area contributed by atoms with E-state index >= 15 is 0 Å². The highest BCUT2D eigenvalue weighted by molar-refractivity contribution is 6.07. The van der Waals surface area contributed by atoms with E-state index in [1.165, 1.54) is 6.07 Å². The van der Waals surface area contributed by atoms with Crippen LogP contribution in [0.5, 0.6) is 0 Å². The van der Waals surface area contributed by atoms with E-state index in [0.29, 0.717) is 43.9 Å². The van der Waals surface area contributed by atoms with Crippen molar-refractivity contribution in [2.45, 2.75) is 52.0 Å². The van der Waals surface area contributed by atoms with Crippen LogP contribution >= 0.6 is 0 Å². The molecule has 0 atom stereocenters. The quantitative estimate of drug-likeness (QED) is 0.309. The molecular weight excluding hydrogens is 471 g/mol. The molecule has 0 spiro atoms. The van der Waals surface area contributed by atoms with Crippen LogP contribution < -0.4 is 5.32 Å². The molecule has 8 nitrogen and oxygen atoms in total. The van der Waals surface area contributed by atoms with Crippen molar-refractivity contribution in [1.82, 2.24) is 20.0 Å². The molecule has 4 rings (SSSR count). The molecule has 0 aliphatic carbocycles. The number of hydrogen-bond donors (Lipinski definition) is 3. The van der Waals surface area contributed by atoms with Crippen molar-refractivity contribution in [3.63, 3.8) is 0 Å². The predicted molar refractivity (Wildman–Crippen MR) is 142 cm³/mol. The van der Waals surface area contributed by atoms with Crippen molar-refractivity contribution in [2.24, 2.45) is 0 Å². The predicted octanol–water partition coefficient (Wildman–Crippen LogP) is 4.59. The summed E-state index contributed by atoms with van der Waals surface area (Å²) >= 11 is 0. The standard InChI is InChI=1S/C28H35FN6O2/c1-19(26(31)35-14-7-10-25(35)30)8-6-9-20(2)32-27(36)23-16-22-18-34(15-11-21(22)17-24(23)29)28(37)33-12-4-3-5-13-33/h6,8-9,16-17,30-31H,2-5,7,10-15,18H2,1H3,(H,32,36)/b9-6-,19-8+,30-25?,31-26?. The van der Waals surface area contributed by atoms with Crippen LogP contribution in [0.25, 0.3) is 0 Å². The van der Waals surface area contributed by atoms with Gasteiger partial charge in [-0.25, -0.2) is 9.18 Å². The van der Waals surface area contributed by atoms with Gasteiger partial charge in [0.15, 0.2) is 0 Å². The lowest BCUT2D eigenvalue weighted by Gasteiger charge is -2.35. The SMILES string of the molecule is C=C(/C=C\C=C(/C)C(=N)N1CCCC1=N)NC(=O)c1cc2c(cc1F)CCN(C(=O)N1CCCCC1)C2. The number of halogens is 1. The van der Waals surface area contributed by atoms with Crippen LogP contribution in [0, 0.1) is 16.6 Å². The Hall–Kier alpha value is -3.75.